The van der Waals surface area contributed by atoms with Gasteiger partial charge in [0.25, 0.3) is 0 Å². The summed E-state index contributed by atoms with van der Waals surface area (Å²) in [4.78, 5) is 13.3. The molecule has 0 bridgehead atoms. The van der Waals surface area contributed by atoms with Gasteiger partial charge in [0.2, 0.25) is 0 Å². The van der Waals surface area contributed by atoms with Crippen LogP contribution >= 0.6 is 0 Å². The third-order valence-corrected chi connectivity index (χ3v) is 10.0. The Balaban J connectivity index is 1.06. The number of hydrogen-bond acceptors (Lipinski definition) is 5. The number of aromatic nitrogens is 3. The van der Waals surface area contributed by atoms with Crippen LogP contribution in [0.1, 0.15) is 79.8 Å². The fraction of sp³-hybridized carbons (Fsp3) is 0.164. The van der Waals surface area contributed by atoms with E-state index in [1.54, 1.807) is 66.7 Å². The van der Waals surface area contributed by atoms with E-state index in [1.165, 1.54) is 48.8 Å². The molecular formula is C55H44N4O. The van der Waals surface area contributed by atoms with Crippen molar-refractivity contribution in [3.05, 3.63) is 208 Å². The highest BCUT2D eigenvalue weighted by Gasteiger charge is 2.23. The van der Waals surface area contributed by atoms with Gasteiger partial charge in [0.15, 0.2) is 0 Å². The lowest BCUT2D eigenvalue weighted by Gasteiger charge is -2.12. The first-order chi connectivity index (χ1) is 36.1. The molecule has 5 aromatic carbocycles. The van der Waals surface area contributed by atoms with E-state index in [1.807, 2.05) is 18.2 Å². The van der Waals surface area contributed by atoms with E-state index in [-0.39, 0.29) is 61.2 Å². The van der Waals surface area contributed by atoms with Gasteiger partial charge < -0.3 is 4.42 Å². The zero-order chi connectivity index (χ0) is 55.5. The van der Waals surface area contributed by atoms with Crippen molar-refractivity contribution in [2.24, 2.45) is 0 Å². The molecule has 0 N–H and O–H groups in total. The molecule has 0 saturated heterocycles. The van der Waals surface area contributed by atoms with Gasteiger partial charge in [-0.05, 0) is 132 Å². The highest BCUT2D eigenvalue weighted by atomic mass is 16.3. The normalized spacial score (nSPS) is 19.5. The number of nitrogens with zero attached hydrogens (tertiary/aromatic N) is 4. The molecule has 1 aliphatic rings. The molecule has 5 nitrogen and oxygen atoms in total. The highest BCUT2D eigenvalue weighted by Crippen LogP contribution is 2.41. The molecule has 1 aliphatic carbocycles. The quantitative estimate of drug-likeness (QED) is 0.123. The summed E-state index contributed by atoms with van der Waals surface area (Å²) in [5, 5.41) is 10.5. The monoisotopic (exact) mass is 793 g/mol. The van der Waals surface area contributed by atoms with Crippen LogP contribution in [0.5, 0.6) is 0 Å². The number of rotatable bonds is 12. The number of pyridine rings is 3. The molecule has 0 amide bonds. The Bertz CT molecular complexity index is 3680. The zero-order valence-corrected chi connectivity index (χ0v) is 31.8. The molecule has 4 aromatic heterocycles. The van der Waals surface area contributed by atoms with Gasteiger partial charge in [-0.25, -0.2) is 0 Å². The van der Waals surface area contributed by atoms with Crippen molar-refractivity contribution in [1.82, 2.24) is 15.0 Å². The Kier molecular flexibility index (Phi) is 6.32. The maximum atomic E-state index is 10.1. The zero-order valence-electron chi connectivity index (χ0n) is 48.8. The van der Waals surface area contributed by atoms with Crippen LogP contribution in [-0.2, 0) is 51.0 Å². The van der Waals surface area contributed by atoms with Gasteiger partial charge in [0.05, 0.1) is 30.1 Å². The van der Waals surface area contributed by atoms with E-state index in [9.17, 15) is 21.7 Å². The second-order valence-electron chi connectivity index (χ2n) is 14.0. The van der Waals surface area contributed by atoms with E-state index in [0.29, 0.717) is 27.9 Å². The number of furan rings is 1. The fourth-order valence-corrected chi connectivity index (χ4v) is 7.14. The fourth-order valence-electron chi connectivity index (χ4n) is 7.14. The Labute approximate surface area is 375 Å². The van der Waals surface area contributed by atoms with Crippen molar-refractivity contribution >= 4 is 21.9 Å². The molecule has 0 unspecified atom stereocenters. The summed E-state index contributed by atoms with van der Waals surface area (Å²) in [6.45, 7) is 0. The van der Waals surface area contributed by atoms with Gasteiger partial charge in [-0.2, -0.15) is 5.26 Å². The Morgan fingerprint density at radius 2 is 1.07 bits per heavy atom. The van der Waals surface area contributed by atoms with Crippen molar-refractivity contribution in [2.75, 3.05) is 0 Å². The molecule has 4 heterocycles. The maximum Gasteiger partial charge on any atom is 0.144 e. The van der Waals surface area contributed by atoms with Gasteiger partial charge >= 0.3 is 0 Å². The predicted octanol–water partition coefficient (Wildman–Crippen LogP) is 12.5. The number of hydrogen-bond donors (Lipinski definition) is 0. The van der Waals surface area contributed by atoms with E-state index in [4.69, 9.17) is 11.3 Å². The molecule has 60 heavy (non-hydrogen) atoms. The average Bonchev–Trinajstić information content (AvgIpc) is 3.95. The van der Waals surface area contributed by atoms with E-state index >= 15 is 0 Å². The summed E-state index contributed by atoms with van der Waals surface area (Å²) in [6, 6.07) is 35.4. The van der Waals surface area contributed by atoms with E-state index in [0.717, 1.165) is 24.4 Å². The first-order valence-corrected chi connectivity index (χ1v) is 19.2. The molecule has 10 rings (SSSR count). The number of aryl methyl sites for hydroxylation is 7. The van der Waals surface area contributed by atoms with Crippen LogP contribution in [0.15, 0.2) is 163 Å². The highest BCUT2D eigenvalue weighted by molar-refractivity contribution is 6.11. The number of nitriles is 1. The molecule has 0 atom stereocenters. The van der Waals surface area contributed by atoms with Crippen LogP contribution in [-0.4, -0.2) is 15.0 Å². The molecule has 0 fully saturated rings. The van der Waals surface area contributed by atoms with Crippen LogP contribution in [0.3, 0.4) is 0 Å². The summed E-state index contributed by atoms with van der Waals surface area (Å²) in [6.07, 6.45) is -20.2. The summed E-state index contributed by atoms with van der Waals surface area (Å²) >= 11 is 0. The summed E-state index contributed by atoms with van der Waals surface area (Å²) in [7, 11) is 0. The molecule has 9 aromatic rings. The summed E-state index contributed by atoms with van der Waals surface area (Å²) < 4.78 is 162. The van der Waals surface area contributed by atoms with Gasteiger partial charge in [-0.15, -0.1) is 0 Å². The number of fused-ring (bicyclic) bond motifs is 5. The van der Waals surface area contributed by atoms with Crippen LogP contribution in [0.4, 0.5) is 0 Å². The van der Waals surface area contributed by atoms with Crippen LogP contribution in [0, 0.1) is 11.3 Å². The largest absolute Gasteiger partial charge is 0.455 e. The second kappa shape index (κ2) is 16.6. The van der Waals surface area contributed by atoms with Crippen molar-refractivity contribution in [3.63, 3.8) is 0 Å². The molecule has 0 radical (unpaired) electrons. The van der Waals surface area contributed by atoms with Crippen LogP contribution in [0.2, 0.25) is 0 Å². The summed E-state index contributed by atoms with van der Waals surface area (Å²) in [5.41, 5.74) is -0.576. The predicted molar refractivity (Wildman–Crippen MR) is 242 cm³/mol. The third kappa shape index (κ3) is 7.73. The van der Waals surface area contributed by atoms with E-state index in [2.05, 4.69) is 15.0 Å². The lowest BCUT2D eigenvalue weighted by molar-refractivity contribution is 0.669. The first kappa shape index (κ1) is 22.8. The van der Waals surface area contributed by atoms with Gasteiger partial charge in [-0.3, -0.25) is 15.0 Å². The Hall–Kier alpha value is -7.16. The SMILES string of the molecule is [2H]c1c(C#N)c2c(c3c1oc1c(-c4ccc(C([2H])([2H])C([2H])([2H])c5cc(C([2H])([2H])C([2H])([2H])c6ccc(-c7ccccc7)nc6)cc(C([2H])([2H])C([2H])([2H])c6ccc(-c7ccccc7)nc6)c5)cn4)cccc13)C([2H])([2H])CC2([2H])[2H]. The summed E-state index contributed by atoms with van der Waals surface area (Å²) in [5.74, 6) is 0. The topological polar surface area (TPSA) is 75.6 Å². The third-order valence-electron chi connectivity index (χ3n) is 10.0. The minimum absolute atomic E-state index is 0.0932. The van der Waals surface area contributed by atoms with Crippen LogP contribution < -0.4 is 0 Å². The maximum absolute atomic E-state index is 10.1. The van der Waals surface area contributed by atoms with Gasteiger partial charge in [0, 0.05) is 68.0 Å². The molecular weight excluding hydrogens is 733 g/mol. The number of para-hydroxylation sites is 1. The standard InChI is InChI=1S/C55H44N4O/c56-33-45-32-53-54(47-14-7-13-46(45)47)49-16-8-15-48(55(49)60-53)52-28-25-39(36-59-52)19-22-42-30-40(20-17-37-23-26-50(57-34-37)43-9-3-1-4-10-43)29-41(31-42)21-18-38-24-27-51(58-35-38)44-11-5-2-6-12-44/h1-6,8-12,15-16,23-32,34-36H,7,13-14,17-22H2/i13D2,14D2,17D2,18D2,19D2,20D2,21D2,22D2,32D. The van der Waals surface area contributed by atoms with Crippen molar-refractivity contribution in [1.29, 1.82) is 5.26 Å². The van der Waals surface area contributed by atoms with Crippen molar-refractivity contribution in [2.45, 2.75) is 57.4 Å². The Morgan fingerprint density at radius 1 is 0.567 bits per heavy atom. The molecule has 5 heteroatoms. The minimum Gasteiger partial charge on any atom is -0.455 e. The smallest absolute Gasteiger partial charge is 0.144 e. The molecule has 0 aliphatic heterocycles. The van der Waals surface area contributed by atoms with Crippen molar-refractivity contribution in [3.8, 4) is 39.8 Å². The molecule has 0 spiro atoms. The van der Waals surface area contributed by atoms with E-state index < -0.39 is 80.1 Å². The molecule has 0 saturated carbocycles. The van der Waals surface area contributed by atoms with Gasteiger partial charge in [-0.1, -0.05) is 109 Å². The lowest BCUT2D eigenvalue weighted by atomic mass is 9.94. The molecule has 290 valence electrons. The first-order valence-electron chi connectivity index (χ1n) is 27.7. The Morgan fingerprint density at radius 3 is 1.57 bits per heavy atom. The minimum atomic E-state index is -3.21. The van der Waals surface area contributed by atoms with Gasteiger partial charge in [0.1, 0.15) is 11.2 Å². The lowest BCUT2D eigenvalue weighted by Crippen LogP contribution is -2.00. The number of benzene rings is 5. The van der Waals surface area contributed by atoms with Crippen LogP contribution in [0.25, 0.3) is 55.7 Å². The average molecular weight is 794 g/mol. The second-order valence-corrected chi connectivity index (χ2v) is 14.0. The van der Waals surface area contributed by atoms with Crippen molar-refractivity contribution < 1.29 is 27.7 Å².